The van der Waals surface area contributed by atoms with E-state index in [1.54, 1.807) is 25.8 Å². The van der Waals surface area contributed by atoms with Crippen molar-refractivity contribution in [2.45, 2.75) is 32.7 Å². The maximum Gasteiger partial charge on any atom is 0.325 e. The summed E-state index contributed by atoms with van der Waals surface area (Å²) in [5.74, 6) is -0.800. The summed E-state index contributed by atoms with van der Waals surface area (Å²) in [5, 5.41) is 11.8. The molecule has 1 amide bonds. The molecule has 5 nitrogen and oxygen atoms in total. The van der Waals surface area contributed by atoms with Crippen LogP contribution in [0.5, 0.6) is 0 Å². The van der Waals surface area contributed by atoms with Crippen LogP contribution < -0.4 is 5.32 Å². The molecule has 1 aromatic carbocycles. The topological polar surface area (TPSA) is 69.6 Å². The van der Waals surface area contributed by atoms with E-state index >= 15 is 0 Å². The minimum absolute atomic E-state index is 0.0790. The SMILES string of the molecule is CC(=O)N(C)CCC/C=C\c1cccc(N[C@H](C)C(=O)O)c1. The first-order chi connectivity index (χ1) is 10.4. The summed E-state index contributed by atoms with van der Waals surface area (Å²) in [4.78, 5) is 23.6. The molecule has 0 spiro atoms. The number of rotatable bonds is 8. The summed E-state index contributed by atoms with van der Waals surface area (Å²) in [6.07, 6.45) is 5.87. The number of allylic oxidation sites excluding steroid dienone is 1. The second-order valence-corrected chi connectivity index (χ2v) is 5.31. The van der Waals surface area contributed by atoms with E-state index in [-0.39, 0.29) is 5.91 Å². The molecule has 22 heavy (non-hydrogen) atoms. The number of hydrogen-bond acceptors (Lipinski definition) is 3. The molecule has 5 heteroatoms. The Bertz CT molecular complexity index is 540. The molecule has 120 valence electrons. The van der Waals surface area contributed by atoms with Gasteiger partial charge in [0.2, 0.25) is 5.91 Å². The summed E-state index contributed by atoms with van der Waals surface area (Å²) in [6.45, 7) is 3.92. The summed E-state index contributed by atoms with van der Waals surface area (Å²) in [7, 11) is 1.80. The van der Waals surface area contributed by atoms with Gasteiger partial charge in [-0.05, 0) is 37.5 Å². The van der Waals surface area contributed by atoms with Gasteiger partial charge < -0.3 is 15.3 Å². The van der Waals surface area contributed by atoms with Gasteiger partial charge in [0.1, 0.15) is 6.04 Å². The van der Waals surface area contributed by atoms with E-state index in [2.05, 4.69) is 11.4 Å². The molecule has 0 radical (unpaired) electrons. The number of nitrogens with zero attached hydrogens (tertiary/aromatic N) is 1. The number of aliphatic carboxylic acids is 1. The van der Waals surface area contributed by atoms with Gasteiger partial charge in [0.15, 0.2) is 0 Å². The van der Waals surface area contributed by atoms with E-state index in [9.17, 15) is 9.59 Å². The normalized spacial score (nSPS) is 12.1. The highest BCUT2D eigenvalue weighted by Gasteiger charge is 2.09. The second kappa shape index (κ2) is 8.87. The standard InChI is InChI=1S/C17H24N2O3/c1-13(17(21)22)18-16-10-7-9-15(12-16)8-5-4-6-11-19(3)14(2)20/h5,7-10,12-13,18H,4,6,11H2,1-3H3,(H,21,22)/b8-5-/t13-/m1/s1. The van der Waals surface area contributed by atoms with Gasteiger partial charge in [-0.25, -0.2) is 0 Å². The molecular formula is C17H24N2O3. The molecule has 0 unspecified atom stereocenters. The lowest BCUT2D eigenvalue weighted by molar-refractivity contribution is -0.137. The smallest absolute Gasteiger partial charge is 0.325 e. The van der Waals surface area contributed by atoms with Gasteiger partial charge in [-0.1, -0.05) is 24.3 Å². The molecule has 0 fully saturated rings. The van der Waals surface area contributed by atoms with E-state index in [0.29, 0.717) is 0 Å². The van der Waals surface area contributed by atoms with Crippen LogP contribution in [-0.2, 0) is 9.59 Å². The van der Waals surface area contributed by atoms with Crippen molar-refractivity contribution in [2.24, 2.45) is 0 Å². The quantitative estimate of drug-likeness (QED) is 0.725. The van der Waals surface area contributed by atoms with Gasteiger partial charge in [-0.2, -0.15) is 0 Å². The van der Waals surface area contributed by atoms with Crippen LogP contribution in [0.4, 0.5) is 5.69 Å². The molecule has 0 aliphatic heterocycles. The first kappa shape index (κ1) is 17.8. The van der Waals surface area contributed by atoms with Crippen LogP contribution in [0.2, 0.25) is 0 Å². The maximum absolute atomic E-state index is 11.1. The number of anilines is 1. The lowest BCUT2D eigenvalue weighted by Gasteiger charge is -2.13. The Kier molecular flexibility index (Phi) is 7.16. The Labute approximate surface area is 131 Å². The van der Waals surface area contributed by atoms with Crippen LogP contribution >= 0.6 is 0 Å². The van der Waals surface area contributed by atoms with Crippen LogP contribution in [0.15, 0.2) is 30.3 Å². The van der Waals surface area contributed by atoms with Crippen molar-refractivity contribution in [3.63, 3.8) is 0 Å². The number of carboxylic acids is 1. The number of carbonyl (C=O) groups excluding carboxylic acids is 1. The van der Waals surface area contributed by atoms with Gasteiger partial charge >= 0.3 is 5.97 Å². The number of carboxylic acid groups (broad SMARTS) is 1. The minimum Gasteiger partial charge on any atom is -0.480 e. The summed E-state index contributed by atoms with van der Waals surface area (Å²) >= 11 is 0. The molecular weight excluding hydrogens is 280 g/mol. The third kappa shape index (κ3) is 6.43. The largest absolute Gasteiger partial charge is 0.480 e. The van der Waals surface area contributed by atoms with Crippen molar-refractivity contribution < 1.29 is 14.7 Å². The minimum atomic E-state index is -0.879. The number of amides is 1. The predicted octanol–water partition coefficient (Wildman–Crippen LogP) is 2.84. The predicted molar refractivity (Wildman–Crippen MR) is 88.7 cm³/mol. The molecule has 0 heterocycles. The van der Waals surface area contributed by atoms with E-state index in [1.165, 1.54) is 0 Å². The number of nitrogens with one attached hydrogen (secondary N) is 1. The number of benzene rings is 1. The molecule has 0 bridgehead atoms. The highest BCUT2D eigenvalue weighted by atomic mass is 16.4. The Morgan fingerprint density at radius 1 is 1.41 bits per heavy atom. The summed E-state index contributed by atoms with van der Waals surface area (Å²) < 4.78 is 0. The molecule has 0 aromatic heterocycles. The molecule has 0 aliphatic rings. The number of hydrogen-bond donors (Lipinski definition) is 2. The average molecular weight is 304 g/mol. The highest BCUT2D eigenvalue weighted by Crippen LogP contribution is 2.13. The average Bonchev–Trinajstić information content (AvgIpc) is 2.46. The first-order valence-corrected chi connectivity index (χ1v) is 7.38. The Morgan fingerprint density at radius 2 is 2.14 bits per heavy atom. The second-order valence-electron chi connectivity index (χ2n) is 5.31. The van der Waals surface area contributed by atoms with E-state index in [0.717, 1.165) is 30.6 Å². The first-order valence-electron chi connectivity index (χ1n) is 7.38. The van der Waals surface area contributed by atoms with Crippen molar-refractivity contribution in [1.82, 2.24) is 4.90 Å². The van der Waals surface area contributed by atoms with Gasteiger partial charge in [-0.15, -0.1) is 0 Å². The summed E-state index contributed by atoms with van der Waals surface area (Å²) in [5.41, 5.74) is 1.80. The van der Waals surface area contributed by atoms with Gasteiger partial charge in [-0.3, -0.25) is 9.59 Å². The zero-order valence-electron chi connectivity index (χ0n) is 13.4. The molecule has 1 aromatic rings. The van der Waals surface area contributed by atoms with E-state index < -0.39 is 12.0 Å². The molecule has 2 N–H and O–H groups in total. The lowest BCUT2D eigenvalue weighted by atomic mass is 10.1. The van der Waals surface area contributed by atoms with Crippen molar-refractivity contribution >= 4 is 23.6 Å². The van der Waals surface area contributed by atoms with Gasteiger partial charge in [0, 0.05) is 26.2 Å². The zero-order chi connectivity index (χ0) is 16.5. The fourth-order valence-corrected chi connectivity index (χ4v) is 1.87. The Hall–Kier alpha value is -2.30. The van der Waals surface area contributed by atoms with Crippen LogP contribution in [0, 0.1) is 0 Å². The van der Waals surface area contributed by atoms with E-state index in [1.807, 2.05) is 30.3 Å². The van der Waals surface area contributed by atoms with Crippen molar-refractivity contribution in [2.75, 3.05) is 18.9 Å². The maximum atomic E-state index is 11.1. The molecule has 0 aliphatic carbocycles. The lowest BCUT2D eigenvalue weighted by Crippen LogP contribution is -2.25. The highest BCUT2D eigenvalue weighted by molar-refractivity contribution is 5.77. The fourth-order valence-electron chi connectivity index (χ4n) is 1.87. The van der Waals surface area contributed by atoms with E-state index in [4.69, 9.17) is 5.11 Å². The number of unbranched alkanes of at least 4 members (excludes halogenated alkanes) is 1. The third-order valence-electron chi connectivity index (χ3n) is 3.35. The Morgan fingerprint density at radius 3 is 2.77 bits per heavy atom. The van der Waals surface area contributed by atoms with Crippen molar-refractivity contribution in [1.29, 1.82) is 0 Å². The van der Waals surface area contributed by atoms with Crippen LogP contribution in [0.25, 0.3) is 6.08 Å². The molecule has 1 rings (SSSR count). The monoisotopic (exact) mass is 304 g/mol. The fraction of sp³-hybridized carbons (Fsp3) is 0.412. The number of carbonyl (C=O) groups is 2. The Balaban J connectivity index is 2.47. The summed E-state index contributed by atoms with van der Waals surface area (Å²) in [6, 6.07) is 6.99. The third-order valence-corrected chi connectivity index (χ3v) is 3.35. The molecule has 0 saturated heterocycles. The zero-order valence-corrected chi connectivity index (χ0v) is 13.4. The van der Waals surface area contributed by atoms with Crippen LogP contribution in [0.1, 0.15) is 32.3 Å². The molecule has 0 saturated carbocycles. The van der Waals surface area contributed by atoms with Crippen molar-refractivity contribution in [3.05, 3.63) is 35.9 Å². The van der Waals surface area contributed by atoms with Gasteiger partial charge in [0.05, 0.1) is 0 Å². The van der Waals surface area contributed by atoms with Crippen molar-refractivity contribution in [3.8, 4) is 0 Å². The molecule has 1 atom stereocenters. The van der Waals surface area contributed by atoms with Crippen LogP contribution in [-0.4, -0.2) is 41.5 Å². The van der Waals surface area contributed by atoms with Gasteiger partial charge in [0.25, 0.3) is 0 Å². The van der Waals surface area contributed by atoms with Crippen LogP contribution in [0.3, 0.4) is 0 Å².